The second-order valence-electron chi connectivity index (χ2n) is 7.31. The van der Waals surface area contributed by atoms with Crippen molar-refractivity contribution in [3.05, 3.63) is 0 Å². The highest BCUT2D eigenvalue weighted by Gasteiger charge is 2.62. The molecule has 1 amide bonds. The Kier molecular flexibility index (Phi) is 10.2. The molecule has 2 aliphatic rings. The summed E-state index contributed by atoms with van der Waals surface area (Å²) in [6, 6.07) is 0. The number of carbonyl (C=O) groups is 3. The smallest absolute Gasteiger partial charge is 0.223 e. The van der Waals surface area contributed by atoms with E-state index in [2.05, 4.69) is 39.5 Å². The first-order chi connectivity index (χ1) is 10.1. The minimum absolute atomic E-state index is 0.124. The zero-order chi connectivity index (χ0) is 18.1. The van der Waals surface area contributed by atoms with Crippen LogP contribution in [0.15, 0.2) is 0 Å². The predicted molar refractivity (Wildman–Crippen MR) is 91.6 cm³/mol. The van der Waals surface area contributed by atoms with E-state index < -0.39 is 0 Å². The highest BCUT2D eigenvalue weighted by Crippen LogP contribution is 2.62. The molecule has 0 bridgehead atoms. The molecule has 4 heteroatoms. The molecule has 0 radical (unpaired) electrons. The van der Waals surface area contributed by atoms with E-state index >= 15 is 0 Å². The standard InChI is InChI=1S/C13H23NO.C2H4O.C2H6.CH2O/c1-12(2,3)6-11(15)14-7-9-10(8-14)13(9,4)5;1-2-3;2*1-2/h9-10H,6-8H2,1-5H3;2H,1H3;1-2H3;1H2/t9-,10+;;;. The number of hydrogen-bond donors (Lipinski definition) is 0. The van der Waals surface area contributed by atoms with Gasteiger partial charge in [-0.25, -0.2) is 0 Å². The van der Waals surface area contributed by atoms with Gasteiger partial charge >= 0.3 is 0 Å². The maximum absolute atomic E-state index is 12.0. The molecule has 0 aromatic rings. The molecule has 0 N–H and O–H groups in total. The lowest BCUT2D eigenvalue weighted by molar-refractivity contribution is -0.132. The molecule has 0 spiro atoms. The summed E-state index contributed by atoms with van der Waals surface area (Å²) in [5.74, 6) is 1.91. The first-order valence-corrected chi connectivity index (χ1v) is 8.10. The lowest BCUT2D eigenvalue weighted by Gasteiger charge is -2.26. The fraction of sp³-hybridized carbons (Fsp3) is 0.833. The van der Waals surface area contributed by atoms with E-state index in [4.69, 9.17) is 9.59 Å². The molecule has 22 heavy (non-hydrogen) atoms. The van der Waals surface area contributed by atoms with Crippen LogP contribution in [0.5, 0.6) is 0 Å². The number of hydrogen-bond acceptors (Lipinski definition) is 3. The van der Waals surface area contributed by atoms with E-state index in [1.807, 2.05) is 20.6 Å². The molecule has 2 rings (SSSR count). The van der Waals surface area contributed by atoms with Gasteiger partial charge in [0, 0.05) is 19.5 Å². The van der Waals surface area contributed by atoms with E-state index in [9.17, 15) is 4.79 Å². The summed E-state index contributed by atoms with van der Waals surface area (Å²) in [5, 5.41) is 0. The van der Waals surface area contributed by atoms with E-state index in [0.717, 1.165) is 31.2 Å². The Morgan fingerprint density at radius 3 is 1.77 bits per heavy atom. The van der Waals surface area contributed by atoms with Gasteiger partial charge in [0.05, 0.1) is 0 Å². The third-order valence-corrected chi connectivity index (χ3v) is 4.16. The molecular formula is C18H35NO3. The summed E-state index contributed by atoms with van der Waals surface area (Å²) in [7, 11) is 0. The van der Waals surface area contributed by atoms with Crippen LogP contribution >= 0.6 is 0 Å². The minimum atomic E-state index is 0.124. The van der Waals surface area contributed by atoms with Crippen LogP contribution < -0.4 is 0 Å². The third kappa shape index (κ3) is 6.71. The van der Waals surface area contributed by atoms with Crippen molar-refractivity contribution in [3.8, 4) is 0 Å². The van der Waals surface area contributed by atoms with E-state index in [0.29, 0.717) is 17.7 Å². The molecule has 0 aromatic carbocycles. The van der Waals surface area contributed by atoms with Gasteiger partial charge in [0.25, 0.3) is 0 Å². The van der Waals surface area contributed by atoms with Crippen molar-refractivity contribution in [3.63, 3.8) is 0 Å². The van der Waals surface area contributed by atoms with Crippen LogP contribution in [-0.4, -0.2) is 37.0 Å². The largest absolute Gasteiger partial charge is 0.342 e. The zero-order valence-corrected chi connectivity index (χ0v) is 15.7. The quantitative estimate of drug-likeness (QED) is 0.695. The number of rotatable bonds is 1. The molecule has 2 atom stereocenters. The van der Waals surface area contributed by atoms with Crippen LogP contribution in [0.4, 0.5) is 0 Å². The summed E-state index contributed by atoms with van der Waals surface area (Å²) < 4.78 is 0. The average Bonchev–Trinajstić information content (AvgIpc) is 2.83. The highest BCUT2D eigenvalue weighted by atomic mass is 16.2. The summed E-state index contributed by atoms with van der Waals surface area (Å²) in [4.78, 5) is 30.8. The molecule has 1 aliphatic carbocycles. The molecule has 1 saturated heterocycles. The van der Waals surface area contributed by atoms with Gasteiger partial charge in [0.1, 0.15) is 13.1 Å². The van der Waals surface area contributed by atoms with Crippen molar-refractivity contribution < 1.29 is 14.4 Å². The van der Waals surface area contributed by atoms with Crippen molar-refractivity contribution in [1.82, 2.24) is 4.90 Å². The molecule has 1 heterocycles. The SMILES string of the molecule is C=O.CC.CC(C)(C)CC(=O)N1C[C@@H]2[C@H](C1)C2(C)C.CC=O. The fourth-order valence-electron chi connectivity index (χ4n) is 2.90. The topological polar surface area (TPSA) is 54.5 Å². The Labute approximate surface area is 136 Å². The Morgan fingerprint density at radius 1 is 1.18 bits per heavy atom. The van der Waals surface area contributed by atoms with E-state index in [1.54, 1.807) is 0 Å². The number of amides is 1. The Morgan fingerprint density at radius 2 is 1.50 bits per heavy atom. The van der Waals surface area contributed by atoms with Gasteiger partial charge in [-0.2, -0.15) is 0 Å². The second-order valence-corrected chi connectivity index (χ2v) is 7.31. The molecule has 130 valence electrons. The minimum Gasteiger partial charge on any atom is -0.342 e. The van der Waals surface area contributed by atoms with Crippen molar-refractivity contribution in [2.45, 2.75) is 61.8 Å². The number of likely N-dealkylation sites (tertiary alicyclic amines) is 1. The van der Waals surface area contributed by atoms with Crippen molar-refractivity contribution in [1.29, 1.82) is 0 Å². The zero-order valence-electron chi connectivity index (χ0n) is 15.7. The number of aldehydes is 1. The van der Waals surface area contributed by atoms with Crippen LogP contribution in [0.3, 0.4) is 0 Å². The number of fused-ring (bicyclic) bond motifs is 1. The lowest BCUT2D eigenvalue weighted by atomic mass is 9.91. The highest BCUT2D eigenvalue weighted by molar-refractivity contribution is 5.77. The molecule has 0 aromatic heterocycles. The van der Waals surface area contributed by atoms with Gasteiger partial charge in [-0.05, 0) is 29.6 Å². The number of nitrogens with zero attached hydrogens (tertiary/aromatic N) is 1. The van der Waals surface area contributed by atoms with Crippen LogP contribution in [0, 0.1) is 22.7 Å². The van der Waals surface area contributed by atoms with Crippen LogP contribution in [0.2, 0.25) is 0 Å². The summed E-state index contributed by atoms with van der Waals surface area (Å²) in [6.45, 7) is 20.5. The summed E-state index contributed by atoms with van der Waals surface area (Å²) in [6.07, 6.45) is 1.44. The Bertz CT molecular complexity index is 331. The van der Waals surface area contributed by atoms with Gasteiger partial charge in [-0.1, -0.05) is 48.5 Å². The second kappa shape index (κ2) is 9.75. The number of piperidine rings is 1. The van der Waals surface area contributed by atoms with Gasteiger partial charge in [0.2, 0.25) is 5.91 Å². The van der Waals surface area contributed by atoms with Gasteiger partial charge in [-0.3, -0.25) is 4.79 Å². The van der Waals surface area contributed by atoms with Crippen LogP contribution in [0.1, 0.15) is 61.8 Å². The molecule has 1 saturated carbocycles. The monoisotopic (exact) mass is 313 g/mol. The summed E-state index contributed by atoms with van der Waals surface area (Å²) in [5.41, 5.74) is 0.637. The molecule has 4 nitrogen and oxygen atoms in total. The van der Waals surface area contributed by atoms with Gasteiger partial charge in [0.15, 0.2) is 0 Å². The molecule has 0 unspecified atom stereocenters. The number of carbonyl (C=O) groups excluding carboxylic acids is 3. The normalized spacial score (nSPS) is 23.4. The van der Waals surface area contributed by atoms with Crippen molar-refractivity contribution >= 4 is 19.0 Å². The first kappa shape index (κ1) is 23.1. The lowest BCUT2D eigenvalue weighted by Crippen LogP contribution is -2.35. The van der Waals surface area contributed by atoms with E-state index in [1.165, 1.54) is 6.92 Å². The molecular weight excluding hydrogens is 278 g/mol. The Hall–Kier alpha value is -1.19. The maximum atomic E-state index is 12.0. The maximum Gasteiger partial charge on any atom is 0.223 e. The van der Waals surface area contributed by atoms with Crippen molar-refractivity contribution in [2.24, 2.45) is 22.7 Å². The van der Waals surface area contributed by atoms with Gasteiger partial charge < -0.3 is 14.5 Å². The molecule has 2 fully saturated rings. The fourth-order valence-corrected chi connectivity index (χ4v) is 2.90. The van der Waals surface area contributed by atoms with Crippen LogP contribution in [-0.2, 0) is 14.4 Å². The summed E-state index contributed by atoms with van der Waals surface area (Å²) >= 11 is 0. The average molecular weight is 313 g/mol. The van der Waals surface area contributed by atoms with Crippen LogP contribution in [0.25, 0.3) is 0 Å². The van der Waals surface area contributed by atoms with Crippen molar-refractivity contribution in [2.75, 3.05) is 13.1 Å². The molecule has 1 aliphatic heterocycles. The predicted octanol–water partition coefficient (Wildman–Crippen LogP) is 3.58. The Balaban J connectivity index is 0. The van der Waals surface area contributed by atoms with Gasteiger partial charge in [-0.15, -0.1) is 0 Å². The van der Waals surface area contributed by atoms with E-state index in [-0.39, 0.29) is 5.41 Å². The first-order valence-electron chi connectivity index (χ1n) is 8.10. The third-order valence-electron chi connectivity index (χ3n) is 4.16.